The molecule has 1 aliphatic rings. The van der Waals surface area contributed by atoms with Gasteiger partial charge in [-0.1, -0.05) is 25.7 Å². The molecule has 12 heavy (non-hydrogen) atoms. The zero-order valence-electron chi connectivity index (χ0n) is 7.94. The third kappa shape index (κ3) is 2.44. The van der Waals surface area contributed by atoms with Gasteiger partial charge in [-0.2, -0.15) is 0 Å². The van der Waals surface area contributed by atoms with Crippen LogP contribution in [0.5, 0.6) is 0 Å². The van der Waals surface area contributed by atoms with Crippen LogP contribution in [0.25, 0.3) is 0 Å². The van der Waals surface area contributed by atoms with E-state index in [1.807, 2.05) is 0 Å². The normalized spacial score (nSPS) is 23.5. The van der Waals surface area contributed by atoms with Crippen molar-refractivity contribution in [2.75, 3.05) is 13.7 Å². The minimum atomic E-state index is 0.0191. The molecule has 0 atom stereocenters. The fraction of sp³-hybridized carbons (Fsp3) is 1.00. The molecule has 1 saturated carbocycles. The highest BCUT2D eigenvalue weighted by molar-refractivity contribution is 4.84. The van der Waals surface area contributed by atoms with E-state index in [0.717, 1.165) is 19.4 Å². The summed E-state index contributed by atoms with van der Waals surface area (Å²) >= 11 is 0. The van der Waals surface area contributed by atoms with Crippen molar-refractivity contribution in [3.05, 3.63) is 0 Å². The summed E-state index contributed by atoms with van der Waals surface area (Å²) in [4.78, 5) is 0. The monoisotopic (exact) mass is 172 g/mol. The summed E-state index contributed by atoms with van der Waals surface area (Å²) in [7, 11) is 1.79. The summed E-state index contributed by atoms with van der Waals surface area (Å²) in [6, 6.07) is 0. The molecule has 0 aromatic carbocycles. The van der Waals surface area contributed by atoms with Crippen molar-refractivity contribution in [1.82, 2.24) is 5.43 Å². The molecule has 3 N–H and O–H groups in total. The molecule has 3 heteroatoms. The topological polar surface area (TPSA) is 47.3 Å². The average Bonchev–Trinajstić information content (AvgIpc) is 2.32. The van der Waals surface area contributed by atoms with Crippen LogP contribution in [-0.2, 0) is 4.74 Å². The van der Waals surface area contributed by atoms with E-state index in [4.69, 9.17) is 10.6 Å². The minimum Gasteiger partial charge on any atom is -0.377 e. The molecule has 0 amide bonds. The van der Waals surface area contributed by atoms with Crippen molar-refractivity contribution in [1.29, 1.82) is 0 Å². The number of ether oxygens (including phenoxy) is 1. The fourth-order valence-corrected chi connectivity index (χ4v) is 2.01. The quantitative estimate of drug-likeness (QED) is 0.382. The zero-order chi connectivity index (χ0) is 8.86. The Morgan fingerprint density at radius 1 is 1.25 bits per heavy atom. The number of rotatable bonds is 3. The molecule has 72 valence electrons. The first kappa shape index (κ1) is 9.96. The number of methoxy groups -OCH3 is 1. The Morgan fingerprint density at radius 3 is 2.25 bits per heavy atom. The molecule has 1 aliphatic carbocycles. The summed E-state index contributed by atoms with van der Waals surface area (Å²) in [5.41, 5.74) is 2.75. The van der Waals surface area contributed by atoms with Gasteiger partial charge in [0.1, 0.15) is 0 Å². The van der Waals surface area contributed by atoms with E-state index in [0.29, 0.717) is 0 Å². The van der Waals surface area contributed by atoms with Crippen molar-refractivity contribution in [2.24, 2.45) is 5.84 Å². The Morgan fingerprint density at radius 2 is 1.83 bits per heavy atom. The van der Waals surface area contributed by atoms with Crippen LogP contribution in [0.15, 0.2) is 0 Å². The number of nitrogens with one attached hydrogen (secondary N) is 1. The second-order valence-corrected chi connectivity index (χ2v) is 3.68. The van der Waals surface area contributed by atoms with Gasteiger partial charge in [0.05, 0.1) is 5.60 Å². The average molecular weight is 172 g/mol. The van der Waals surface area contributed by atoms with Gasteiger partial charge in [-0.25, -0.2) is 0 Å². The molecular formula is C9H20N2O. The predicted octanol–water partition coefficient (Wildman–Crippen LogP) is 1.19. The van der Waals surface area contributed by atoms with Gasteiger partial charge >= 0.3 is 0 Å². The lowest BCUT2D eigenvalue weighted by molar-refractivity contribution is -0.0213. The van der Waals surface area contributed by atoms with E-state index in [1.165, 1.54) is 25.7 Å². The zero-order valence-corrected chi connectivity index (χ0v) is 7.94. The highest BCUT2D eigenvalue weighted by Gasteiger charge is 2.29. The second kappa shape index (κ2) is 4.80. The van der Waals surface area contributed by atoms with Crippen molar-refractivity contribution < 1.29 is 4.74 Å². The molecule has 0 radical (unpaired) electrons. The summed E-state index contributed by atoms with van der Waals surface area (Å²) in [6.45, 7) is 0.781. The fourth-order valence-electron chi connectivity index (χ4n) is 2.01. The highest BCUT2D eigenvalue weighted by Crippen LogP contribution is 2.29. The first-order valence-corrected chi connectivity index (χ1v) is 4.82. The summed E-state index contributed by atoms with van der Waals surface area (Å²) in [5, 5.41) is 0. The third-order valence-corrected chi connectivity index (χ3v) is 2.87. The van der Waals surface area contributed by atoms with E-state index < -0.39 is 0 Å². The SMILES string of the molecule is COC1(CNN)CCCCCC1. The number of nitrogens with two attached hydrogens (primary N) is 1. The van der Waals surface area contributed by atoms with E-state index >= 15 is 0 Å². The molecule has 0 unspecified atom stereocenters. The Hall–Kier alpha value is -0.120. The standard InChI is InChI=1S/C9H20N2O/c1-12-9(8-11-10)6-4-2-3-5-7-9/h11H,2-8,10H2,1H3. The van der Waals surface area contributed by atoms with Crippen LogP contribution in [0.1, 0.15) is 38.5 Å². The van der Waals surface area contributed by atoms with Gasteiger partial charge in [0.2, 0.25) is 0 Å². The molecule has 1 rings (SSSR count). The second-order valence-electron chi connectivity index (χ2n) is 3.68. The summed E-state index contributed by atoms with van der Waals surface area (Å²) < 4.78 is 5.56. The Labute approximate surface area is 74.6 Å². The maximum absolute atomic E-state index is 5.56. The van der Waals surface area contributed by atoms with Gasteiger partial charge in [-0.05, 0) is 12.8 Å². The van der Waals surface area contributed by atoms with E-state index in [-0.39, 0.29) is 5.60 Å². The molecule has 0 aliphatic heterocycles. The first-order valence-electron chi connectivity index (χ1n) is 4.82. The molecule has 0 aromatic heterocycles. The predicted molar refractivity (Wildman–Crippen MR) is 49.6 cm³/mol. The van der Waals surface area contributed by atoms with E-state index in [2.05, 4.69) is 5.43 Å². The number of hydrogen-bond acceptors (Lipinski definition) is 3. The lowest BCUT2D eigenvalue weighted by Crippen LogP contribution is -2.44. The Kier molecular flexibility index (Phi) is 3.98. The largest absolute Gasteiger partial charge is 0.377 e. The minimum absolute atomic E-state index is 0.0191. The first-order chi connectivity index (χ1) is 5.83. The van der Waals surface area contributed by atoms with Gasteiger partial charge in [0, 0.05) is 13.7 Å². The van der Waals surface area contributed by atoms with Crippen LogP contribution >= 0.6 is 0 Å². The van der Waals surface area contributed by atoms with Crippen LogP contribution in [-0.4, -0.2) is 19.3 Å². The summed E-state index contributed by atoms with van der Waals surface area (Å²) in [6.07, 6.45) is 7.53. The van der Waals surface area contributed by atoms with Crippen molar-refractivity contribution in [3.63, 3.8) is 0 Å². The molecular weight excluding hydrogens is 152 g/mol. The number of hydrazine groups is 1. The van der Waals surface area contributed by atoms with Gasteiger partial charge < -0.3 is 4.74 Å². The number of hydrogen-bond donors (Lipinski definition) is 2. The van der Waals surface area contributed by atoms with Crippen LogP contribution in [0.4, 0.5) is 0 Å². The van der Waals surface area contributed by atoms with Gasteiger partial charge in [-0.15, -0.1) is 0 Å². The smallest absolute Gasteiger partial charge is 0.0816 e. The van der Waals surface area contributed by atoms with Gasteiger partial charge in [0.15, 0.2) is 0 Å². The molecule has 3 nitrogen and oxygen atoms in total. The van der Waals surface area contributed by atoms with Crippen molar-refractivity contribution in [3.8, 4) is 0 Å². The van der Waals surface area contributed by atoms with Crippen molar-refractivity contribution >= 4 is 0 Å². The van der Waals surface area contributed by atoms with E-state index in [1.54, 1.807) is 7.11 Å². The highest BCUT2D eigenvalue weighted by atomic mass is 16.5. The Bertz CT molecular complexity index is 120. The third-order valence-electron chi connectivity index (χ3n) is 2.87. The lowest BCUT2D eigenvalue weighted by Gasteiger charge is -2.30. The van der Waals surface area contributed by atoms with Crippen LogP contribution in [0.2, 0.25) is 0 Å². The van der Waals surface area contributed by atoms with Gasteiger partial charge in [0.25, 0.3) is 0 Å². The van der Waals surface area contributed by atoms with Crippen LogP contribution < -0.4 is 11.3 Å². The maximum atomic E-state index is 5.56. The molecule has 0 heterocycles. The molecule has 1 fully saturated rings. The summed E-state index contributed by atoms with van der Waals surface area (Å²) in [5.74, 6) is 5.34. The van der Waals surface area contributed by atoms with E-state index in [9.17, 15) is 0 Å². The van der Waals surface area contributed by atoms with Crippen LogP contribution in [0.3, 0.4) is 0 Å². The lowest BCUT2D eigenvalue weighted by atomic mass is 9.94. The Balaban J connectivity index is 2.48. The van der Waals surface area contributed by atoms with Gasteiger partial charge in [-0.3, -0.25) is 11.3 Å². The molecule has 0 saturated heterocycles. The van der Waals surface area contributed by atoms with Crippen LogP contribution in [0, 0.1) is 0 Å². The maximum Gasteiger partial charge on any atom is 0.0816 e. The molecule has 0 aromatic rings. The van der Waals surface area contributed by atoms with Crippen molar-refractivity contribution in [2.45, 2.75) is 44.1 Å². The molecule has 0 spiro atoms. The molecule has 0 bridgehead atoms.